The first kappa shape index (κ1) is 19.2. The monoisotopic (exact) mass is 368 g/mol. The molecule has 2 aromatic rings. The number of benzene rings is 2. The molecule has 5 nitrogen and oxygen atoms in total. The minimum absolute atomic E-state index is 0.101. The third kappa shape index (κ3) is 4.80. The Morgan fingerprint density at radius 2 is 1.93 bits per heavy atom. The van der Waals surface area contributed by atoms with Gasteiger partial charge in [0, 0.05) is 17.4 Å². The number of hydrogen-bond donors (Lipinski definition) is 2. The van der Waals surface area contributed by atoms with Gasteiger partial charge in [0.1, 0.15) is 5.75 Å². The van der Waals surface area contributed by atoms with Crippen LogP contribution in [0.2, 0.25) is 0 Å². The van der Waals surface area contributed by atoms with Crippen LogP contribution in [-0.4, -0.2) is 45.7 Å². The molecule has 0 aromatic heterocycles. The van der Waals surface area contributed by atoms with Gasteiger partial charge in [0.2, 0.25) is 0 Å². The van der Waals surface area contributed by atoms with Gasteiger partial charge in [0.05, 0.1) is 33.3 Å². The Hall–Kier alpha value is -2.53. The topological polar surface area (TPSA) is 46.0 Å². The lowest BCUT2D eigenvalue weighted by Gasteiger charge is -2.33. The Morgan fingerprint density at radius 3 is 2.63 bits per heavy atom. The summed E-state index contributed by atoms with van der Waals surface area (Å²) < 4.78 is 5.32. The fourth-order valence-corrected chi connectivity index (χ4v) is 3.68. The lowest BCUT2D eigenvalue weighted by atomic mass is 10.1. The van der Waals surface area contributed by atoms with Crippen molar-refractivity contribution in [3.63, 3.8) is 0 Å². The number of aryl methyl sites for hydroxylation is 2. The Morgan fingerprint density at radius 1 is 1.19 bits per heavy atom. The maximum atomic E-state index is 12.6. The quantitative estimate of drug-likeness (QED) is 0.819. The summed E-state index contributed by atoms with van der Waals surface area (Å²) in [5.74, 6) is 0.982. The summed E-state index contributed by atoms with van der Waals surface area (Å²) in [6.07, 6.45) is 0.920. The first-order valence-electron chi connectivity index (χ1n) is 9.71. The Balaban J connectivity index is 1.54. The maximum absolute atomic E-state index is 12.6. The normalized spacial score (nSPS) is 14.9. The van der Waals surface area contributed by atoms with E-state index in [1.54, 1.807) is 7.11 Å². The van der Waals surface area contributed by atoms with Crippen LogP contribution in [0.4, 0.5) is 11.4 Å². The highest BCUT2D eigenvalue weighted by molar-refractivity contribution is 5.93. The summed E-state index contributed by atoms with van der Waals surface area (Å²) >= 11 is 0. The summed E-state index contributed by atoms with van der Waals surface area (Å²) in [4.78, 5) is 16.3. The molecule has 0 saturated carbocycles. The second kappa shape index (κ2) is 8.91. The van der Waals surface area contributed by atoms with E-state index in [4.69, 9.17) is 4.74 Å². The fraction of sp³-hybridized carbons (Fsp3) is 0.409. The Bertz CT molecular complexity index is 783. The van der Waals surface area contributed by atoms with Crippen LogP contribution in [0.3, 0.4) is 0 Å². The van der Waals surface area contributed by atoms with Gasteiger partial charge in [-0.15, -0.1) is 0 Å². The van der Waals surface area contributed by atoms with E-state index in [2.05, 4.69) is 48.3 Å². The molecule has 144 valence electrons. The highest BCUT2D eigenvalue weighted by Crippen LogP contribution is 2.21. The van der Waals surface area contributed by atoms with Crippen LogP contribution in [0.25, 0.3) is 0 Å². The number of carbonyl (C=O) groups excluding carboxylic acids is 1. The first-order chi connectivity index (χ1) is 13.1. The van der Waals surface area contributed by atoms with Gasteiger partial charge < -0.3 is 19.9 Å². The molecule has 1 aliphatic heterocycles. The van der Waals surface area contributed by atoms with E-state index in [1.165, 1.54) is 16.2 Å². The molecule has 1 fully saturated rings. The highest BCUT2D eigenvalue weighted by atomic mass is 16.5. The molecule has 1 saturated heterocycles. The molecule has 0 radical (unpaired) electrons. The number of methoxy groups -OCH3 is 1. The molecule has 3 rings (SSSR count). The van der Waals surface area contributed by atoms with Gasteiger partial charge >= 0.3 is 0 Å². The van der Waals surface area contributed by atoms with Crippen molar-refractivity contribution in [3.8, 4) is 5.75 Å². The van der Waals surface area contributed by atoms with E-state index in [9.17, 15) is 4.79 Å². The molecule has 1 aliphatic rings. The molecule has 2 N–H and O–H groups in total. The number of rotatable bonds is 6. The van der Waals surface area contributed by atoms with E-state index < -0.39 is 0 Å². The van der Waals surface area contributed by atoms with Crippen molar-refractivity contribution in [1.82, 2.24) is 0 Å². The predicted molar refractivity (Wildman–Crippen MR) is 110 cm³/mol. The molecule has 1 amide bonds. The summed E-state index contributed by atoms with van der Waals surface area (Å²) in [5.41, 5.74) is 4.49. The van der Waals surface area contributed by atoms with Crippen LogP contribution in [0, 0.1) is 6.92 Å². The lowest BCUT2D eigenvalue weighted by molar-refractivity contribution is -0.892. The minimum Gasteiger partial charge on any atom is -0.497 e. The molecular weight excluding hydrogens is 338 g/mol. The first-order valence-corrected chi connectivity index (χ1v) is 9.71. The lowest BCUT2D eigenvalue weighted by Crippen LogP contribution is -3.15. The molecule has 2 aromatic carbocycles. The third-order valence-electron chi connectivity index (χ3n) is 5.30. The van der Waals surface area contributed by atoms with Gasteiger partial charge in [-0.1, -0.05) is 31.2 Å². The number of para-hydroxylation sites is 1. The zero-order chi connectivity index (χ0) is 19.2. The number of nitrogens with one attached hydrogen (secondary N) is 2. The SMILES string of the molecule is CCc1cccc(C)c1NC(=O)C[NH+]1CCN(c2cccc(OC)c2)CC1. The van der Waals surface area contributed by atoms with Gasteiger partial charge in [-0.2, -0.15) is 0 Å². The average molecular weight is 369 g/mol. The molecule has 0 aliphatic carbocycles. The van der Waals surface area contributed by atoms with Crippen LogP contribution < -0.4 is 19.9 Å². The van der Waals surface area contributed by atoms with Gasteiger partial charge in [-0.05, 0) is 36.6 Å². The number of hydrogen-bond acceptors (Lipinski definition) is 3. The van der Waals surface area contributed by atoms with Gasteiger partial charge in [-0.3, -0.25) is 4.79 Å². The van der Waals surface area contributed by atoms with Crippen LogP contribution in [0.15, 0.2) is 42.5 Å². The minimum atomic E-state index is 0.101. The standard InChI is InChI=1S/C22H29N3O2/c1-4-18-8-5-7-17(2)22(18)23-21(26)16-24-11-13-25(14-12-24)19-9-6-10-20(15-19)27-3/h5-10,15H,4,11-14,16H2,1-3H3,(H,23,26)/p+1. The van der Waals surface area contributed by atoms with E-state index in [1.807, 2.05) is 18.2 Å². The van der Waals surface area contributed by atoms with Crippen molar-refractivity contribution < 1.29 is 14.4 Å². The highest BCUT2D eigenvalue weighted by Gasteiger charge is 2.23. The zero-order valence-electron chi connectivity index (χ0n) is 16.5. The summed E-state index contributed by atoms with van der Waals surface area (Å²) in [7, 11) is 1.69. The van der Waals surface area contributed by atoms with Crippen molar-refractivity contribution in [1.29, 1.82) is 0 Å². The van der Waals surface area contributed by atoms with Crippen LogP contribution >= 0.6 is 0 Å². The van der Waals surface area contributed by atoms with Crippen LogP contribution in [-0.2, 0) is 11.2 Å². The number of anilines is 2. The number of piperazine rings is 1. The zero-order valence-corrected chi connectivity index (χ0v) is 16.5. The second-order valence-corrected chi connectivity index (χ2v) is 7.13. The van der Waals surface area contributed by atoms with Crippen molar-refractivity contribution in [2.45, 2.75) is 20.3 Å². The smallest absolute Gasteiger partial charge is 0.279 e. The van der Waals surface area contributed by atoms with E-state index in [0.29, 0.717) is 6.54 Å². The number of amides is 1. The Labute approximate surface area is 161 Å². The van der Waals surface area contributed by atoms with Crippen LogP contribution in [0.5, 0.6) is 5.75 Å². The molecule has 0 unspecified atom stereocenters. The maximum Gasteiger partial charge on any atom is 0.279 e. The van der Waals surface area contributed by atoms with E-state index >= 15 is 0 Å². The summed E-state index contributed by atoms with van der Waals surface area (Å²) in [6.45, 7) is 8.49. The number of nitrogens with zero attached hydrogens (tertiary/aromatic N) is 1. The predicted octanol–water partition coefficient (Wildman–Crippen LogP) is 1.91. The molecule has 1 heterocycles. The van der Waals surface area contributed by atoms with E-state index in [0.717, 1.165) is 49.6 Å². The van der Waals surface area contributed by atoms with Crippen molar-refractivity contribution in [3.05, 3.63) is 53.6 Å². The van der Waals surface area contributed by atoms with E-state index in [-0.39, 0.29) is 5.91 Å². The molecule has 0 spiro atoms. The summed E-state index contributed by atoms with van der Waals surface area (Å²) in [6, 6.07) is 14.4. The molecule has 0 atom stereocenters. The Kier molecular flexibility index (Phi) is 6.35. The molecule has 27 heavy (non-hydrogen) atoms. The molecule has 0 bridgehead atoms. The summed E-state index contributed by atoms with van der Waals surface area (Å²) in [5, 5.41) is 3.15. The average Bonchev–Trinajstić information content (AvgIpc) is 2.70. The van der Waals surface area contributed by atoms with Crippen molar-refractivity contribution >= 4 is 17.3 Å². The fourth-order valence-electron chi connectivity index (χ4n) is 3.68. The molecule has 5 heteroatoms. The number of ether oxygens (including phenoxy) is 1. The largest absolute Gasteiger partial charge is 0.497 e. The van der Waals surface area contributed by atoms with Gasteiger partial charge in [-0.25, -0.2) is 0 Å². The number of carbonyl (C=O) groups is 1. The van der Waals surface area contributed by atoms with Crippen molar-refractivity contribution in [2.24, 2.45) is 0 Å². The second-order valence-electron chi connectivity index (χ2n) is 7.13. The third-order valence-corrected chi connectivity index (χ3v) is 5.30. The number of quaternary nitrogens is 1. The molecular formula is C22H30N3O2+. The van der Waals surface area contributed by atoms with Gasteiger partial charge in [0.15, 0.2) is 6.54 Å². The van der Waals surface area contributed by atoms with Crippen molar-refractivity contribution in [2.75, 3.05) is 50.1 Å². The van der Waals surface area contributed by atoms with Gasteiger partial charge in [0.25, 0.3) is 5.91 Å². The van der Waals surface area contributed by atoms with Crippen LogP contribution in [0.1, 0.15) is 18.1 Å².